The molecular weight excluding hydrogens is 404 g/mol. The summed E-state index contributed by atoms with van der Waals surface area (Å²) in [7, 11) is 1.69. The third-order valence-corrected chi connectivity index (χ3v) is 7.18. The first-order valence-electron chi connectivity index (χ1n) is 11.8. The van der Waals surface area contributed by atoms with Gasteiger partial charge >= 0.3 is 0 Å². The van der Waals surface area contributed by atoms with Crippen molar-refractivity contribution in [2.45, 2.75) is 37.5 Å². The zero-order valence-corrected chi connectivity index (χ0v) is 18.8. The first kappa shape index (κ1) is 21.0. The van der Waals surface area contributed by atoms with Crippen LogP contribution in [-0.4, -0.2) is 57.3 Å². The van der Waals surface area contributed by atoms with Crippen LogP contribution >= 0.6 is 0 Å². The molecule has 3 aliphatic rings. The molecule has 0 atom stereocenters. The lowest BCUT2D eigenvalue weighted by atomic mass is 9.77. The fraction of sp³-hybridized carbons (Fsp3) is 0.500. The van der Waals surface area contributed by atoms with Gasteiger partial charge in [0.2, 0.25) is 5.91 Å². The van der Waals surface area contributed by atoms with Gasteiger partial charge in [0.25, 0.3) is 0 Å². The van der Waals surface area contributed by atoms with Gasteiger partial charge in [0.15, 0.2) is 11.5 Å². The Kier molecular flexibility index (Phi) is 5.85. The van der Waals surface area contributed by atoms with Crippen molar-refractivity contribution in [3.8, 4) is 17.2 Å². The number of methoxy groups -OCH3 is 1. The van der Waals surface area contributed by atoms with E-state index in [1.165, 1.54) is 5.69 Å². The summed E-state index contributed by atoms with van der Waals surface area (Å²) in [6.45, 7) is 4.48. The fourth-order valence-corrected chi connectivity index (χ4v) is 5.42. The summed E-state index contributed by atoms with van der Waals surface area (Å²) >= 11 is 0. The molecule has 170 valence electrons. The Balaban J connectivity index is 1.34. The molecule has 0 unspecified atom stereocenters. The minimum atomic E-state index is -0.439. The predicted octanol–water partition coefficient (Wildman–Crippen LogP) is 4.02. The monoisotopic (exact) mass is 436 g/mol. The van der Waals surface area contributed by atoms with Crippen molar-refractivity contribution < 1.29 is 19.0 Å². The molecule has 1 saturated carbocycles. The number of carbonyl (C=O) groups excluding carboxylic acids is 1. The summed E-state index contributed by atoms with van der Waals surface area (Å²) < 4.78 is 16.8. The van der Waals surface area contributed by atoms with E-state index in [-0.39, 0.29) is 5.91 Å². The van der Waals surface area contributed by atoms with Crippen molar-refractivity contribution in [3.05, 3.63) is 48.0 Å². The van der Waals surface area contributed by atoms with Gasteiger partial charge in [0, 0.05) is 31.9 Å². The maximum atomic E-state index is 14.0. The summed E-state index contributed by atoms with van der Waals surface area (Å²) in [5, 5.41) is 0. The Morgan fingerprint density at radius 1 is 0.875 bits per heavy atom. The van der Waals surface area contributed by atoms with Crippen molar-refractivity contribution in [2.75, 3.05) is 51.4 Å². The highest BCUT2D eigenvalue weighted by atomic mass is 16.6. The van der Waals surface area contributed by atoms with Gasteiger partial charge < -0.3 is 24.0 Å². The molecule has 0 radical (unpaired) electrons. The van der Waals surface area contributed by atoms with Crippen LogP contribution in [0.25, 0.3) is 0 Å². The lowest BCUT2D eigenvalue weighted by Gasteiger charge is -2.35. The number of amides is 1. The molecule has 0 N–H and O–H groups in total. The zero-order valence-electron chi connectivity index (χ0n) is 18.8. The average Bonchev–Trinajstić information content (AvgIpc) is 3.23. The van der Waals surface area contributed by atoms with E-state index in [1.807, 2.05) is 18.2 Å². The van der Waals surface area contributed by atoms with E-state index in [9.17, 15) is 4.79 Å². The van der Waals surface area contributed by atoms with Crippen LogP contribution in [-0.2, 0) is 10.2 Å². The maximum Gasteiger partial charge on any atom is 0.233 e. The largest absolute Gasteiger partial charge is 0.497 e. The third-order valence-electron chi connectivity index (χ3n) is 7.18. The van der Waals surface area contributed by atoms with Crippen LogP contribution < -0.4 is 19.1 Å². The Morgan fingerprint density at radius 2 is 1.62 bits per heavy atom. The number of ether oxygens (including phenoxy) is 3. The van der Waals surface area contributed by atoms with Crippen LogP contribution in [0.2, 0.25) is 0 Å². The molecule has 2 fully saturated rings. The fourth-order valence-electron chi connectivity index (χ4n) is 5.42. The summed E-state index contributed by atoms with van der Waals surface area (Å²) in [5.74, 6) is 2.70. The van der Waals surface area contributed by atoms with Gasteiger partial charge in [0.05, 0.1) is 12.5 Å². The SMILES string of the molecule is COc1ccc(N2CCCN(C(=O)C3(c4ccc5c(c4)OCCO5)CCCC3)CC2)cc1. The molecule has 2 aromatic rings. The van der Waals surface area contributed by atoms with Crippen LogP contribution in [0.15, 0.2) is 42.5 Å². The summed E-state index contributed by atoms with van der Waals surface area (Å²) in [4.78, 5) is 18.5. The van der Waals surface area contributed by atoms with Crippen LogP contribution in [0.1, 0.15) is 37.7 Å². The Bertz CT molecular complexity index is 953. The molecule has 0 bridgehead atoms. The van der Waals surface area contributed by atoms with Crippen molar-refractivity contribution in [1.29, 1.82) is 0 Å². The molecule has 6 nitrogen and oxygen atoms in total. The van der Waals surface area contributed by atoms with Gasteiger partial charge in [-0.2, -0.15) is 0 Å². The van der Waals surface area contributed by atoms with E-state index >= 15 is 0 Å². The number of fused-ring (bicyclic) bond motifs is 1. The normalized spacial score (nSPS) is 20.0. The summed E-state index contributed by atoms with van der Waals surface area (Å²) in [6.07, 6.45) is 4.96. The second-order valence-electron chi connectivity index (χ2n) is 8.98. The second kappa shape index (κ2) is 8.93. The molecular formula is C26H32N2O4. The smallest absolute Gasteiger partial charge is 0.233 e. The Hall–Kier alpha value is -2.89. The van der Waals surface area contributed by atoms with Crippen molar-refractivity contribution in [3.63, 3.8) is 0 Å². The van der Waals surface area contributed by atoms with Gasteiger partial charge in [0.1, 0.15) is 19.0 Å². The average molecular weight is 437 g/mol. The first-order chi connectivity index (χ1) is 15.7. The standard InChI is InChI=1S/C26H32N2O4/c1-30-22-8-6-21(7-9-22)27-13-4-14-28(16-15-27)25(29)26(11-2-3-12-26)20-5-10-23-24(19-20)32-18-17-31-23/h5-10,19H,2-4,11-18H2,1H3. The molecule has 2 aromatic carbocycles. The van der Waals surface area contributed by atoms with Crippen molar-refractivity contribution >= 4 is 11.6 Å². The number of anilines is 1. The van der Waals surface area contributed by atoms with E-state index < -0.39 is 5.41 Å². The lowest BCUT2D eigenvalue weighted by Crippen LogP contribution is -2.47. The molecule has 0 aromatic heterocycles. The van der Waals surface area contributed by atoms with Gasteiger partial charge in [-0.15, -0.1) is 0 Å². The lowest BCUT2D eigenvalue weighted by molar-refractivity contribution is -0.137. The van der Waals surface area contributed by atoms with Crippen LogP contribution in [0, 0.1) is 0 Å². The number of nitrogens with zero attached hydrogens (tertiary/aromatic N) is 2. The zero-order chi connectivity index (χ0) is 22.0. The minimum Gasteiger partial charge on any atom is -0.497 e. The molecule has 1 saturated heterocycles. The number of hydrogen-bond acceptors (Lipinski definition) is 5. The van der Waals surface area contributed by atoms with E-state index in [2.05, 4.69) is 34.1 Å². The molecule has 0 spiro atoms. The number of benzene rings is 2. The molecule has 2 aliphatic heterocycles. The second-order valence-corrected chi connectivity index (χ2v) is 8.98. The molecule has 1 aliphatic carbocycles. The summed E-state index contributed by atoms with van der Waals surface area (Å²) in [5.41, 5.74) is 1.83. The minimum absolute atomic E-state index is 0.281. The number of carbonyl (C=O) groups is 1. The number of hydrogen-bond donors (Lipinski definition) is 0. The Labute approximate surface area is 190 Å². The summed E-state index contributed by atoms with van der Waals surface area (Å²) in [6, 6.07) is 14.3. The molecule has 5 rings (SSSR count). The molecule has 32 heavy (non-hydrogen) atoms. The van der Waals surface area contributed by atoms with Crippen molar-refractivity contribution in [1.82, 2.24) is 4.90 Å². The molecule has 6 heteroatoms. The first-order valence-corrected chi connectivity index (χ1v) is 11.8. The highest BCUT2D eigenvalue weighted by Gasteiger charge is 2.45. The van der Waals surface area contributed by atoms with Gasteiger partial charge in [-0.1, -0.05) is 18.9 Å². The van der Waals surface area contributed by atoms with Gasteiger partial charge in [-0.3, -0.25) is 4.79 Å². The topological polar surface area (TPSA) is 51.2 Å². The van der Waals surface area contributed by atoms with E-state index in [0.717, 1.165) is 81.1 Å². The third kappa shape index (κ3) is 3.87. The van der Waals surface area contributed by atoms with E-state index in [0.29, 0.717) is 13.2 Å². The predicted molar refractivity (Wildman–Crippen MR) is 124 cm³/mol. The quantitative estimate of drug-likeness (QED) is 0.725. The van der Waals surface area contributed by atoms with Crippen molar-refractivity contribution in [2.24, 2.45) is 0 Å². The van der Waals surface area contributed by atoms with Gasteiger partial charge in [-0.25, -0.2) is 0 Å². The van der Waals surface area contributed by atoms with Crippen LogP contribution in [0.4, 0.5) is 5.69 Å². The van der Waals surface area contributed by atoms with Crippen LogP contribution in [0.5, 0.6) is 17.2 Å². The van der Waals surface area contributed by atoms with Crippen LogP contribution in [0.3, 0.4) is 0 Å². The van der Waals surface area contributed by atoms with Gasteiger partial charge in [-0.05, 0) is 61.2 Å². The Morgan fingerprint density at radius 3 is 2.38 bits per heavy atom. The number of rotatable bonds is 4. The molecule has 2 heterocycles. The van der Waals surface area contributed by atoms with E-state index in [1.54, 1.807) is 7.11 Å². The van der Waals surface area contributed by atoms with E-state index in [4.69, 9.17) is 14.2 Å². The molecule has 1 amide bonds. The highest BCUT2D eigenvalue weighted by molar-refractivity contribution is 5.89. The maximum absolute atomic E-state index is 14.0. The highest BCUT2D eigenvalue weighted by Crippen LogP contribution is 2.45.